The Hall–Kier alpha value is -2.11. The van der Waals surface area contributed by atoms with Gasteiger partial charge in [-0.2, -0.15) is 0 Å². The Labute approximate surface area is 134 Å². The van der Waals surface area contributed by atoms with Crippen LogP contribution in [0.1, 0.15) is 15.9 Å². The maximum absolute atomic E-state index is 12.6. The average molecular weight is 321 g/mol. The van der Waals surface area contributed by atoms with Crippen LogP contribution in [0.15, 0.2) is 42.7 Å². The SMILES string of the molecule is COc1ccccc1CN(CCO)C(=O)c1ccncc1Cl. The second kappa shape index (κ2) is 7.77. The van der Waals surface area contributed by atoms with Crippen LogP contribution in [0.2, 0.25) is 5.02 Å². The lowest BCUT2D eigenvalue weighted by Gasteiger charge is -2.23. The topological polar surface area (TPSA) is 62.7 Å². The number of carbonyl (C=O) groups excluding carboxylic acids is 1. The van der Waals surface area contributed by atoms with Gasteiger partial charge in [0.05, 0.1) is 24.3 Å². The number of aliphatic hydroxyl groups excluding tert-OH is 1. The number of carbonyl (C=O) groups is 1. The average Bonchev–Trinajstić information content (AvgIpc) is 2.55. The van der Waals surface area contributed by atoms with Gasteiger partial charge in [-0.15, -0.1) is 0 Å². The molecule has 22 heavy (non-hydrogen) atoms. The van der Waals surface area contributed by atoms with Crippen molar-refractivity contribution in [3.05, 3.63) is 58.9 Å². The summed E-state index contributed by atoms with van der Waals surface area (Å²) in [7, 11) is 1.58. The van der Waals surface area contributed by atoms with Crippen LogP contribution in [-0.2, 0) is 6.54 Å². The molecule has 0 aliphatic heterocycles. The Bertz CT molecular complexity index is 649. The molecular formula is C16H17ClN2O3. The highest BCUT2D eigenvalue weighted by atomic mass is 35.5. The summed E-state index contributed by atoms with van der Waals surface area (Å²) in [6.45, 7) is 0.390. The fourth-order valence-corrected chi connectivity index (χ4v) is 2.33. The smallest absolute Gasteiger partial charge is 0.255 e. The number of benzene rings is 1. The number of aliphatic hydroxyl groups is 1. The lowest BCUT2D eigenvalue weighted by atomic mass is 10.1. The summed E-state index contributed by atoms with van der Waals surface area (Å²) in [5.74, 6) is 0.437. The number of halogens is 1. The van der Waals surface area contributed by atoms with Crippen molar-refractivity contribution >= 4 is 17.5 Å². The fourth-order valence-electron chi connectivity index (χ4n) is 2.13. The summed E-state index contributed by atoms with van der Waals surface area (Å²) in [6.07, 6.45) is 2.94. The van der Waals surface area contributed by atoms with E-state index in [9.17, 15) is 9.90 Å². The third kappa shape index (κ3) is 3.75. The zero-order valence-electron chi connectivity index (χ0n) is 12.2. The number of nitrogens with zero attached hydrogens (tertiary/aromatic N) is 2. The minimum atomic E-state index is -0.257. The molecule has 0 aliphatic rings. The molecule has 0 atom stereocenters. The largest absolute Gasteiger partial charge is 0.496 e. The van der Waals surface area contributed by atoms with Crippen LogP contribution >= 0.6 is 11.6 Å². The van der Waals surface area contributed by atoms with Gasteiger partial charge in [0, 0.05) is 31.0 Å². The number of methoxy groups -OCH3 is 1. The van der Waals surface area contributed by atoms with Gasteiger partial charge in [0.1, 0.15) is 5.75 Å². The van der Waals surface area contributed by atoms with E-state index in [0.717, 1.165) is 5.56 Å². The van der Waals surface area contributed by atoms with Gasteiger partial charge in [0.15, 0.2) is 0 Å². The van der Waals surface area contributed by atoms with Gasteiger partial charge in [-0.25, -0.2) is 0 Å². The summed E-state index contributed by atoms with van der Waals surface area (Å²) in [5, 5.41) is 9.52. The van der Waals surface area contributed by atoms with E-state index in [1.54, 1.807) is 13.2 Å². The summed E-state index contributed by atoms with van der Waals surface area (Å²) < 4.78 is 5.30. The predicted molar refractivity (Wildman–Crippen MR) is 84.1 cm³/mol. The summed E-state index contributed by atoms with van der Waals surface area (Å²) in [4.78, 5) is 18.0. The van der Waals surface area contributed by atoms with Gasteiger partial charge in [-0.1, -0.05) is 29.8 Å². The molecule has 2 aromatic rings. The van der Waals surface area contributed by atoms with Crippen molar-refractivity contribution in [2.24, 2.45) is 0 Å². The molecule has 0 saturated heterocycles. The lowest BCUT2D eigenvalue weighted by Crippen LogP contribution is -2.33. The second-order valence-corrected chi connectivity index (χ2v) is 5.02. The molecule has 0 aliphatic carbocycles. The van der Waals surface area contributed by atoms with E-state index in [0.29, 0.717) is 17.9 Å². The number of amides is 1. The maximum atomic E-state index is 12.6. The van der Waals surface area contributed by atoms with Crippen molar-refractivity contribution in [1.82, 2.24) is 9.88 Å². The molecule has 0 saturated carbocycles. The number of aromatic nitrogens is 1. The van der Waals surface area contributed by atoms with E-state index >= 15 is 0 Å². The third-order valence-electron chi connectivity index (χ3n) is 3.21. The first-order valence-electron chi connectivity index (χ1n) is 6.79. The summed E-state index contributed by atoms with van der Waals surface area (Å²) in [5.41, 5.74) is 1.22. The quantitative estimate of drug-likeness (QED) is 0.887. The highest BCUT2D eigenvalue weighted by Gasteiger charge is 2.19. The molecule has 1 aromatic heterocycles. The number of hydrogen-bond donors (Lipinski definition) is 1. The molecular weight excluding hydrogens is 304 g/mol. The molecule has 0 radical (unpaired) electrons. The van der Waals surface area contributed by atoms with E-state index in [1.165, 1.54) is 17.3 Å². The first-order valence-corrected chi connectivity index (χ1v) is 7.16. The van der Waals surface area contributed by atoms with Gasteiger partial charge in [0.2, 0.25) is 0 Å². The molecule has 116 valence electrons. The highest BCUT2D eigenvalue weighted by Crippen LogP contribution is 2.22. The van der Waals surface area contributed by atoms with Gasteiger partial charge >= 0.3 is 0 Å². The maximum Gasteiger partial charge on any atom is 0.255 e. The van der Waals surface area contributed by atoms with Crippen molar-refractivity contribution in [2.45, 2.75) is 6.54 Å². The van der Waals surface area contributed by atoms with Crippen molar-refractivity contribution < 1.29 is 14.6 Å². The van der Waals surface area contributed by atoms with Crippen molar-refractivity contribution in [2.75, 3.05) is 20.3 Å². The highest BCUT2D eigenvalue weighted by molar-refractivity contribution is 6.33. The van der Waals surface area contributed by atoms with Crippen molar-refractivity contribution in [3.63, 3.8) is 0 Å². The second-order valence-electron chi connectivity index (χ2n) is 4.62. The molecule has 6 heteroatoms. The normalized spacial score (nSPS) is 10.3. The monoisotopic (exact) mass is 320 g/mol. The third-order valence-corrected chi connectivity index (χ3v) is 3.51. The van der Waals surface area contributed by atoms with Crippen molar-refractivity contribution in [3.8, 4) is 5.75 Å². The Morgan fingerprint density at radius 2 is 2.14 bits per heavy atom. The minimum absolute atomic E-state index is 0.135. The molecule has 0 bridgehead atoms. The Morgan fingerprint density at radius 1 is 1.36 bits per heavy atom. The fraction of sp³-hybridized carbons (Fsp3) is 0.250. The molecule has 1 N–H and O–H groups in total. The van der Waals surface area contributed by atoms with Crippen molar-refractivity contribution in [1.29, 1.82) is 0 Å². The number of para-hydroxylation sites is 1. The number of pyridine rings is 1. The van der Waals surface area contributed by atoms with E-state index in [4.69, 9.17) is 16.3 Å². The number of ether oxygens (including phenoxy) is 1. The molecule has 2 rings (SSSR count). The van der Waals surface area contributed by atoms with Crippen LogP contribution in [0.3, 0.4) is 0 Å². The van der Waals surface area contributed by atoms with Gasteiger partial charge in [-0.3, -0.25) is 9.78 Å². The molecule has 1 heterocycles. The molecule has 1 aromatic carbocycles. The van der Waals surface area contributed by atoms with Crippen LogP contribution in [0.5, 0.6) is 5.75 Å². The van der Waals surface area contributed by atoms with Crippen LogP contribution in [0.4, 0.5) is 0 Å². The molecule has 0 fully saturated rings. The van der Waals surface area contributed by atoms with Crippen LogP contribution in [0.25, 0.3) is 0 Å². The lowest BCUT2D eigenvalue weighted by molar-refractivity contribution is 0.0706. The first kappa shape index (κ1) is 16.3. The summed E-state index contributed by atoms with van der Waals surface area (Å²) in [6, 6.07) is 9.01. The predicted octanol–water partition coefficient (Wildman–Crippen LogP) is 2.38. The standard InChI is InChI=1S/C16H17ClN2O3/c1-22-15-5-3-2-4-12(15)11-19(8-9-20)16(21)13-6-7-18-10-14(13)17/h2-7,10,20H,8-9,11H2,1H3. The summed E-state index contributed by atoms with van der Waals surface area (Å²) >= 11 is 6.03. The molecule has 0 unspecified atom stereocenters. The zero-order valence-corrected chi connectivity index (χ0v) is 13.0. The van der Waals surface area contributed by atoms with Crippen LogP contribution in [-0.4, -0.2) is 41.2 Å². The van der Waals surface area contributed by atoms with E-state index in [-0.39, 0.29) is 24.1 Å². The molecule has 1 amide bonds. The van der Waals surface area contributed by atoms with Gasteiger partial charge < -0.3 is 14.7 Å². The van der Waals surface area contributed by atoms with E-state index in [1.807, 2.05) is 24.3 Å². The number of rotatable bonds is 6. The zero-order chi connectivity index (χ0) is 15.9. The van der Waals surface area contributed by atoms with Crippen LogP contribution in [0, 0.1) is 0 Å². The Morgan fingerprint density at radius 3 is 2.82 bits per heavy atom. The molecule has 5 nitrogen and oxygen atoms in total. The Kier molecular flexibility index (Phi) is 5.75. The minimum Gasteiger partial charge on any atom is -0.496 e. The van der Waals surface area contributed by atoms with E-state index < -0.39 is 0 Å². The number of hydrogen-bond acceptors (Lipinski definition) is 4. The molecule has 0 spiro atoms. The Balaban J connectivity index is 2.26. The van der Waals surface area contributed by atoms with Crippen LogP contribution < -0.4 is 4.74 Å². The van der Waals surface area contributed by atoms with E-state index in [2.05, 4.69) is 4.98 Å². The first-order chi connectivity index (χ1) is 10.7. The van der Waals surface area contributed by atoms with Gasteiger partial charge in [0.25, 0.3) is 5.91 Å². The van der Waals surface area contributed by atoms with Gasteiger partial charge in [-0.05, 0) is 12.1 Å².